The number of likely N-dealkylation sites (tertiary alicyclic amines) is 1. The normalized spacial score (nSPS) is 20.5. The lowest BCUT2D eigenvalue weighted by atomic mass is 9.93. The molecule has 26 heavy (non-hydrogen) atoms. The van der Waals surface area contributed by atoms with Gasteiger partial charge in [-0.15, -0.1) is 0 Å². The largest absolute Gasteiger partial charge is 0.490 e. The van der Waals surface area contributed by atoms with Gasteiger partial charge in [0, 0.05) is 13.1 Å². The summed E-state index contributed by atoms with van der Waals surface area (Å²) in [5, 5.41) is 17.9. The minimum atomic E-state index is -5.08. The molecule has 8 heteroatoms. The second kappa shape index (κ2) is 7.92. The number of hydrogen-bond donors (Lipinski definition) is 2. The first-order valence-electron chi connectivity index (χ1n) is 7.95. The average Bonchev–Trinajstić information content (AvgIpc) is 3.15. The molecule has 0 saturated carbocycles. The van der Waals surface area contributed by atoms with Crippen molar-refractivity contribution in [1.29, 1.82) is 0 Å². The minimum absolute atomic E-state index is 0.664. The van der Waals surface area contributed by atoms with Crippen molar-refractivity contribution in [3.8, 4) is 0 Å². The monoisotopic (exact) mass is 371 g/mol. The molecule has 0 spiro atoms. The number of carboxylic acid groups (broad SMARTS) is 1. The van der Waals surface area contributed by atoms with Crippen molar-refractivity contribution in [2.24, 2.45) is 0 Å². The molecule has 1 aromatic carbocycles. The van der Waals surface area contributed by atoms with Gasteiger partial charge in [-0.05, 0) is 30.5 Å². The number of hydrogen-bond acceptors (Lipinski definition) is 4. The van der Waals surface area contributed by atoms with Crippen molar-refractivity contribution in [3.05, 3.63) is 59.5 Å². The van der Waals surface area contributed by atoms with E-state index in [1.54, 1.807) is 6.26 Å². The summed E-state index contributed by atoms with van der Waals surface area (Å²) in [6, 6.07) is 11.9. The Bertz CT molecular complexity index is 730. The number of alkyl halides is 3. The molecule has 2 N–H and O–H groups in total. The topological polar surface area (TPSA) is 73.9 Å². The highest BCUT2D eigenvalue weighted by Gasteiger charge is 2.38. The van der Waals surface area contributed by atoms with Crippen LogP contribution in [0.4, 0.5) is 13.2 Å². The van der Waals surface area contributed by atoms with Gasteiger partial charge in [0.1, 0.15) is 11.4 Å². The van der Waals surface area contributed by atoms with Crippen LogP contribution in [0.2, 0.25) is 0 Å². The number of rotatable bonds is 3. The lowest BCUT2D eigenvalue weighted by Gasteiger charge is -2.23. The summed E-state index contributed by atoms with van der Waals surface area (Å²) in [5.41, 5.74) is 1.46. The molecule has 1 aliphatic rings. The van der Waals surface area contributed by atoms with Crippen LogP contribution in [0.15, 0.2) is 47.1 Å². The van der Waals surface area contributed by atoms with Gasteiger partial charge in [-0.2, -0.15) is 13.2 Å². The van der Waals surface area contributed by atoms with Crippen LogP contribution >= 0.6 is 0 Å². The van der Waals surface area contributed by atoms with Crippen LogP contribution in [0, 0.1) is 6.92 Å². The first-order chi connectivity index (χ1) is 12.1. The number of furan rings is 1. The summed E-state index contributed by atoms with van der Waals surface area (Å²) < 4.78 is 37.2. The van der Waals surface area contributed by atoms with Crippen molar-refractivity contribution in [1.82, 2.24) is 4.90 Å². The Kier molecular flexibility index (Phi) is 6.09. The maximum absolute atomic E-state index is 10.8. The first-order valence-corrected chi connectivity index (χ1v) is 7.95. The van der Waals surface area contributed by atoms with E-state index in [1.165, 1.54) is 5.56 Å². The molecule has 0 radical (unpaired) electrons. The van der Waals surface area contributed by atoms with Crippen LogP contribution < -0.4 is 0 Å². The molecule has 0 aliphatic carbocycles. The fourth-order valence-electron chi connectivity index (χ4n) is 2.76. The Balaban J connectivity index is 0.000000298. The van der Waals surface area contributed by atoms with E-state index in [4.69, 9.17) is 14.3 Å². The molecule has 0 amide bonds. The Hall–Kier alpha value is -2.32. The van der Waals surface area contributed by atoms with Gasteiger partial charge in [-0.1, -0.05) is 30.3 Å². The zero-order chi connectivity index (χ0) is 19.4. The SMILES string of the molecule is Cc1ccoc1CN1CCC(O)(c2ccccc2)C1.O=C(O)C(F)(F)F. The predicted molar refractivity (Wildman–Crippen MR) is 87.4 cm³/mol. The number of aryl methyl sites for hydroxylation is 1. The summed E-state index contributed by atoms with van der Waals surface area (Å²) in [6.07, 6.45) is -2.58. The van der Waals surface area contributed by atoms with Gasteiger partial charge in [-0.25, -0.2) is 4.79 Å². The molecule has 1 aromatic heterocycles. The number of benzene rings is 1. The predicted octanol–water partition coefficient (Wildman–Crippen LogP) is 3.31. The third-order valence-electron chi connectivity index (χ3n) is 4.22. The van der Waals surface area contributed by atoms with Crippen LogP contribution in [0.25, 0.3) is 0 Å². The summed E-state index contributed by atoms with van der Waals surface area (Å²) >= 11 is 0. The highest BCUT2D eigenvalue weighted by molar-refractivity contribution is 5.73. The fourth-order valence-corrected chi connectivity index (χ4v) is 2.76. The molecule has 2 aromatic rings. The maximum atomic E-state index is 10.8. The molecule has 2 heterocycles. The number of carbonyl (C=O) groups is 1. The lowest BCUT2D eigenvalue weighted by Crippen LogP contribution is -2.30. The van der Waals surface area contributed by atoms with Gasteiger partial charge < -0.3 is 14.6 Å². The summed E-state index contributed by atoms with van der Waals surface area (Å²) in [4.78, 5) is 11.1. The quantitative estimate of drug-likeness (QED) is 0.866. The molecular formula is C18H20F3NO4. The van der Waals surface area contributed by atoms with Crippen molar-refractivity contribution in [2.75, 3.05) is 13.1 Å². The molecule has 1 unspecified atom stereocenters. The summed E-state index contributed by atoms with van der Waals surface area (Å²) in [7, 11) is 0. The standard InChI is InChI=1S/C16H19NO2.C2HF3O2/c1-13-7-10-19-15(13)11-17-9-8-16(18,12-17)14-5-3-2-4-6-14;3-2(4,5)1(6)7/h2-7,10,18H,8-9,11-12H2,1H3;(H,6,7). The third-order valence-corrected chi connectivity index (χ3v) is 4.22. The average molecular weight is 371 g/mol. The number of halogens is 3. The van der Waals surface area contributed by atoms with E-state index in [0.717, 1.165) is 30.8 Å². The molecule has 1 fully saturated rings. The molecule has 1 atom stereocenters. The minimum Gasteiger partial charge on any atom is -0.475 e. The molecular weight excluding hydrogens is 351 g/mol. The second-order valence-corrected chi connectivity index (χ2v) is 6.19. The van der Waals surface area contributed by atoms with Crippen molar-refractivity contribution in [2.45, 2.75) is 31.7 Å². The number of aliphatic carboxylic acids is 1. The Labute approximate surface area is 148 Å². The van der Waals surface area contributed by atoms with Gasteiger partial charge >= 0.3 is 12.1 Å². The third kappa shape index (κ3) is 5.09. The zero-order valence-corrected chi connectivity index (χ0v) is 14.2. The Morgan fingerprint density at radius 3 is 2.38 bits per heavy atom. The highest BCUT2D eigenvalue weighted by atomic mass is 19.4. The van der Waals surface area contributed by atoms with Gasteiger partial charge in [0.25, 0.3) is 0 Å². The van der Waals surface area contributed by atoms with Crippen molar-refractivity contribution < 1.29 is 32.6 Å². The summed E-state index contributed by atoms with van der Waals surface area (Å²) in [5.74, 6) is -1.76. The van der Waals surface area contributed by atoms with E-state index in [0.29, 0.717) is 6.54 Å². The van der Waals surface area contributed by atoms with E-state index in [1.807, 2.05) is 36.4 Å². The van der Waals surface area contributed by atoms with Crippen LogP contribution in [0.1, 0.15) is 23.3 Å². The van der Waals surface area contributed by atoms with Crippen LogP contribution in [-0.4, -0.2) is 40.3 Å². The zero-order valence-electron chi connectivity index (χ0n) is 14.2. The highest BCUT2D eigenvalue weighted by Crippen LogP contribution is 2.32. The Morgan fingerprint density at radius 2 is 1.88 bits per heavy atom. The van der Waals surface area contributed by atoms with Gasteiger partial charge in [-0.3, -0.25) is 4.90 Å². The van der Waals surface area contributed by atoms with E-state index in [2.05, 4.69) is 11.8 Å². The van der Waals surface area contributed by atoms with Crippen molar-refractivity contribution >= 4 is 5.97 Å². The van der Waals surface area contributed by atoms with Gasteiger partial charge in [0.2, 0.25) is 0 Å². The van der Waals surface area contributed by atoms with Crippen LogP contribution in [-0.2, 0) is 16.9 Å². The second-order valence-electron chi connectivity index (χ2n) is 6.19. The molecule has 0 bridgehead atoms. The van der Waals surface area contributed by atoms with E-state index in [9.17, 15) is 18.3 Å². The molecule has 142 valence electrons. The molecule has 1 saturated heterocycles. The van der Waals surface area contributed by atoms with E-state index < -0.39 is 17.7 Å². The van der Waals surface area contributed by atoms with E-state index in [-0.39, 0.29) is 0 Å². The molecule has 3 rings (SSSR count). The van der Waals surface area contributed by atoms with Crippen LogP contribution in [0.5, 0.6) is 0 Å². The number of aliphatic hydroxyl groups is 1. The smallest absolute Gasteiger partial charge is 0.475 e. The first kappa shape index (κ1) is 20.0. The number of carboxylic acids is 1. The fraction of sp³-hybridized carbons (Fsp3) is 0.389. The van der Waals surface area contributed by atoms with Gasteiger partial charge in [0.15, 0.2) is 0 Å². The molecule has 5 nitrogen and oxygen atoms in total. The van der Waals surface area contributed by atoms with E-state index >= 15 is 0 Å². The number of β-amino-alcohol motifs (C(OH)–C–C–N with tert-alkyl or cyclic N) is 1. The van der Waals surface area contributed by atoms with Gasteiger partial charge in [0.05, 0.1) is 12.8 Å². The van der Waals surface area contributed by atoms with Crippen molar-refractivity contribution in [3.63, 3.8) is 0 Å². The Morgan fingerprint density at radius 1 is 1.27 bits per heavy atom. The number of nitrogens with zero attached hydrogens (tertiary/aromatic N) is 1. The molecule has 1 aliphatic heterocycles. The lowest BCUT2D eigenvalue weighted by molar-refractivity contribution is -0.192. The maximum Gasteiger partial charge on any atom is 0.490 e. The summed E-state index contributed by atoms with van der Waals surface area (Å²) in [6.45, 7) is 4.38. The van der Waals surface area contributed by atoms with Crippen LogP contribution in [0.3, 0.4) is 0 Å².